The van der Waals surface area contributed by atoms with E-state index in [1.54, 1.807) is 12.4 Å². The molecule has 0 aliphatic heterocycles. The highest BCUT2D eigenvalue weighted by molar-refractivity contribution is 14.1. The highest BCUT2D eigenvalue weighted by atomic mass is 127. The van der Waals surface area contributed by atoms with Crippen molar-refractivity contribution in [3.8, 4) is 0 Å². The van der Waals surface area contributed by atoms with Crippen molar-refractivity contribution in [2.24, 2.45) is 0 Å². The van der Waals surface area contributed by atoms with Gasteiger partial charge in [0, 0.05) is 18.6 Å². The van der Waals surface area contributed by atoms with Crippen LogP contribution in [-0.4, -0.2) is 12.7 Å². The minimum Gasteiger partial charge on any atom is -0.272 e. The fourth-order valence-electron chi connectivity index (χ4n) is 0.830. The quantitative estimate of drug-likeness (QED) is 0.660. The Labute approximate surface area is 71.6 Å². The molecule has 4 heteroatoms. The van der Waals surface area contributed by atoms with Gasteiger partial charge in [-0.2, -0.15) is 0 Å². The van der Waals surface area contributed by atoms with E-state index in [1.807, 2.05) is 15.0 Å². The lowest BCUT2D eigenvalue weighted by Gasteiger charge is -1.88. The number of hydrogen-bond donors (Lipinski definition) is 0. The first-order chi connectivity index (χ1) is 4.88. The maximum atomic E-state index is 4.13. The second-order valence-electron chi connectivity index (χ2n) is 1.89. The Morgan fingerprint density at radius 1 is 1.30 bits per heavy atom. The van der Waals surface area contributed by atoms with E-state index in [1.165, 1.54) is 0 Å². The van der Waals surface area contributed by atoms with Gasteiger partial charge in [0.05, 0.1) is 22.9 Å². The topological polar surface area (TPSA) is 30.7 Å². The van der Waals surface area contributed by atoms with Gasteiger partial charge in [0.15, 0.2) is 5.65 Å². The summed E-state index contributed by atoms with van der Waals surface area (Å²) in [6.45, 7) is 0. The van der Waals surface area contributed by atoms with Gasteiger partial charge in [-0.25, -0.2) is 4.98 Å². The average Bonchev–Trinajstić information content (AvgIpc) is 2.34. The smallest absolute Gasteiger partial charge is 0.167 e. The lowest BCUT2D eigenvalue weighted by Crippen LogP contribution is -1.80. The molecular weight excluding hydrogens is 241 g/mol. The number of fused-ring (bicyclic) bond motifs is 1. The van der Waals surface area contributed by atoms with E-state index < -0.39 is 0 Å². The molecule has 0 saturated heterocycles. The van der Waals surface area contributed by atoms with Gasteiger partial charge in [-0.3, -0.25) is 7.76 Å². The number of hydrogen-bond acceptors (Lipinski definition) is 2. The van der Waals surface area contributed by atoms with Crippen LogP contribution in [0, 0.1) is 0 Å². The van der Waals surface area contributed by atoms with Crippen LogP contribution < -0.4 is 0 Å². The van der Waals surface area contributed by atoms with E-state index in [2.05, 4.69) is 32.8 Å². The first-order valence-corrected chi connectivity index (χ1v) is 3.78. The molecule has 2 heterocycles. The van der Waals surface area contributed by atoms with Gasteiger partial charge in [0.1, 0.15) is 5.52 Å². The van der Waals surface area contributed by atoms with Gasteiger partial charge in [-0.05, 0) is 6.07 Å². The minimum atomic E-state index is 0.920. The Bertz CT molecular complexity index is 355. The standard InChI is InChI=1S/C6H4IN3/c7-10-4-1-5-6(10)9-3-2-8-5/h1-4H. The van der Waals surface area contributed by atoms with Crippen molar-refractivity contribution < 1.29 is 0 Å². The molecule has 2 aromatic rings. The Balaban J connectivity index is 2.93. The van der Waals surface area contributed by atoms with Crippen molar-refractivity contribution in [2.45, 2.75) is 0 Å². The van der Waals surface area contributed by atoms with Crippen molar-refractivity contribution in [3.63, 3.8) is 0 Å². The van der Waals surface area contributed by atoms with Crippen LogP contribution in [0.15, 0.2) is 24.7 Å². The summed E-state index contributed by atoms with van der Waals surface area (Å²) in [4.78, 5) is 8.25. The second kappa shape index (κ2) is 2.19. The summed E-state index contributed by atoms with van der Waals surface area (Å²) >= 11 is 2.17. The molecule has 0 atom stereocenters. The van der Waals surface area contributed by atoms with Crippen LogP contribution in [0.5, 0.6) is 0 Å². The van der Waals surface area contributed by atoms with Gasteiger partial charge < -0.3 is 0 Å². The third-order valence-electron chi connectivity index (χ3n) is 1.27. The molecule has 0 aromatic carbocycles. The van der Waals surface area contributed by atoms with E-state index in [0.717, 1.165) is 11.2 Å². The van der Waals surface area contributed by atoms with E-state index in [0.29, 0.717) is 0 Å². The monoisotopic (exact) mass is 245 g/mol. The van der Waals surface area contributed by atoms with Crippen LogP contribution in [0.3, 0.4) is 0 Å². The molecule has 0 N–H and O–H groups in total. The summed E-state index contributed by atoms with van der Waals surface area (Å²) in [5.41, 5.74) is 1.86. The second-order valence-corrected chi connectivity index (χ2v) is 2.93. The summed E-state index contributed by atoms with van der Waals surface area (Å²) in [7, 11) is 0. The predicted octanol–water partition coefficient (Wildman–Crippen LogP) is 1.63. The third kappa shape index (κ3) is 0.792. The van der Waals surface area contributed by atoms with E-state index in [9.17, 15) is 0 Å². The summed E-state index contributed by atoms with van der Waals surface area (Å²) in [6, 6.07) is 1.94. The molecular formula is C6H4IN3. The van der Waals surface area contributed by atoms with Crippen molar-refractivity contribution in [3.05, 3.63) is 24.7 Å². The first kappa shape index (κ1) is 6.09. The molecule has 3 nitrogen and oxygen atoms in total. The average molecular weight is 245 g/mol. The molecule has 50 valence electrons. The molecule has 0 aliphatic rings. The normalized spacial score (nSPS) is 10.5. The minimum absolute atomic E-state index is 0.920. The number of nitrogens with zero attached hydrogens (tertiary/aromatic N) is 3. The SMILES string of the molecule is In1ccc2nccnc21. The van der Waals surface area contributed by atoms with Gasteiger partial charge in [-0.15, -0.1) is 0 Å². The molecule has 0 fully saturated rings. The lowest BCUT2D eigenvalue weighted by molar-refractivity contribution is 1.25. The van der Waals surface area contributed by atoms with Gasteiger partial charge in [-0.1, -0.05) is 0 Å². The van der Waals surface area contributed by atoms with Crippen LogP contribution in [0.4, 0.5) is 0 Å². The molecule has 0 bridgehead atoms. The highest BCUT2D eigenvalue weighted by Gasteiger charge is 1.96. The fourth-order valence-corrected chi connectivity index (χ4v) is 1.36. The molecule has 0 aliphatic carbocycles. The summed E-state index contributed by atoms with van der Waals surface area (Å²) in [6.07, 6.45) is 5.32. The van der Waals surface area contributed by atoms with Gasteiger partial charge in [0.2, 0.25) is 0 Å². The number of rotatable bonds is 0. The van der Waals surface area contributed by atoms with E-state index in [-0.39, 0.29) is 0 Å². The predicted molar refractivity (Wildman–Crippen MR) is 46.9 cm³/mol. The summed E-state index contributed by atoms with van der Waals surface area (Å²) in [5, 5.41) is 0. The van der Waals surface area contributed by atoms with Crippen LogP contribution in [0.1, 0.15) is 0 Å². The molecule has 0 unspecified atom stereocenters. The van der Waals surface area contributed by atoms with Gasteiger partial charge in [0.25, 0.3) is 0 Å². The van der Waals surface area contributed by atoms with Crippen molar-refractivity contribution in [1.29, 1.82) is 0 Å². The number of aromatic nitrogens is 3. The van der Waals surface area contributed by atoms with Gasteiger partial charge >= 0.3 is 0 Å². The zero-order valence-electron chi connectivity index (χ0n) is 5.03. The molecule has 0 amide bonds. The van der Waals surface area contributed by atoms with Crippen LogP contribution in [0.2, 0.25) is 0 Å². The van der Waals surface area contributed by atoms with Crippen LogP contribution >= 0.6 is 22.9 Å². The van der Waals surface area contributed by atoms with Crippen molar-refractivity contribution in [1.82, 2.24) is 12.7 Å². The van der Waals surface area contributed by atoms with Crippen LogP contribution in [-0.2, 0) is 0 Å². The fraction of sp³-hybridized carbons (Fsp3) is 0. The maximum Gasteiger partial charge on any atom is 0.167 e. The van der Waals surface area contributed by atoms with E-state index in [4.69, 9.17) is 0 Å². The molecule has 0 radical (unpaired) electrons. The molecule has 2 rings (SSSR count). The van der Waals surface area contributed by atoms with Crippen molar-refractivity contribution in [2.75, 3.05) is 0 Å². The zero-order valence-corrected chi connectivity index (χ0v) is 7.19. The lowest BCUT2D eigenvalue weighted by atomic mass is 10.5. The maximum absolute atomic E-state index is 4.13. The third-order valence-corrected chi connectivity index (χ3v) is 2.05. The first-order valence-electron chi connectivity index (χ1n) is 2.82. The molecule has 10 heavy (non-hydrogen) atoms. The Morgan fingerprint density at radius 3 is 2.90 bits per heavy atom. The Morgan fingerprint density at radius 2 is 2.10 bits per heavy atom. The molecule has 0 spiro atoms. The van der Waals surface area contributed by atoms with E-state index >= 15 is 0 Å². The van der Waals surface area contributed by atoms with Crippen LogP contribution in [0.25, 0.3) is 11.2 Å². The summed E-state index contributed by atoms with van der Waals surface area (Å²) in [5.74, 6) is 0. The number of halogens is 1. The summed E-state index contributed by atoms with van der Waals surface area (Å²) < 4.78 is 1.92. The Hall–Kier alpha value is -0.650. The zero-order chi connectivity index (χ0) is 6.97. The molecule has 2 aromatic heterocycles. The largest absolute Gasteiger partial charge is 0.272 e. The van der Waals surface area contributed by atoms with Crippen molar-refractivity contribution >= 4 is 34.0 Å². The molecule has 0 saturated carbocycles. The Kier molecular flexibility index (Phi) is 1.33. The highest BCUT2D eigenvalue weighted by Crippen LogP contribution is 2.11.